The van der Waals surface area contributed by atoms with Crippen molar-refractivity contribution in [2.45, 2.75) is 19.6 Å². The van der Waals surface area contributed by atoms with E-state index in [9.17, 15) is 18.0 Å². The zero-order valence-corrected chi connectivity index (χ0v) is 23.9. The molecule has 3 aromatic heterocycles. The first-order valence-corrected chi connectivity index (χ1v) is 13.9. The number of aromatic nitrogens is 5. The zero-order chi connectivity index (χ0) is 30.3. The van der Waals surface area contributed by atoms with Crippen LogP contribution in [-0.2, 0) is 12.7 Å². The van der Waals surface area contributed by atoms with Crippen molar-refractivity contribution in [3.63, 3.8) is 0 Å². The Kier molecular flexibility index (Phi) is 7.52. The SMILES string of the molecule is CCn1c(=O)c(-c2ccc(-c3noc(C(F)(F)F)n3)cc2Cl)cc2cnc(Nc3ccc(N4CCN(C)CC4)cc3)nc21. The summed E-state index contributed by atoms with van der Waals surface area (Å²) in [6.45, 7) is 6.16. The molecule has 1 saturated heterocycles. The summed E-state index contributed by atoms with van der Waals surface area (Å²) in [5.41, 5.74) is 2.98. The predicted molar refractivity (Wildman–Crippen MR) is 158 cm³/mol. The van der Waals surface area contributed by atoms with Crippen LogP contribution in [0, 0.1) is 0 Å². The van der Waals surface area contributed by atoms with Crippen LogP contribution in [0.3, 0.4) is 0 Å². The number of benzene rings is 2. The molecule has 0 atom stereocenters. The van der Waals surface area contributed by atoms with E-state index in [-0.39, 0.29) is 22.0 Å². The number of likely N-dealkylation sites (N-methyl/N-ethyl adjacent to an activating group) is 1. The van der Waals surface area contributed by atoms with Gasteiger partial charge < -0.3 is 19.6 Å². The highest BCUT2D eigenvalue weighted by Gasteiger charge is 2.38. The van der Waals surface area contributed by atoms with Crippen LogP contribution in [-0.4, -0.2) is 62.8 Å². The first-order chi connectivity index (χ1) is 20.6. The lowest BCUT2D eigenvalue weighted by Crippen LogP contribution is -2.44. The van der Waals surface area contributed by atoms with E-state index in [4.69, 9.17) is 11.6 Å². The lowest BCUT2D eigenvalue weighted by molar-refractivity contribution is -0.159. The summed E-state index contributed by atoms with van der Waals surface area (Å²) in [7, 11) is 2.12. The fraction of sp³-hybridized carbons (Fsp3) is 0.276. The molecular formula is C29H26ClF3N8O2. The zero-order valence-electron chi connectivity index (χ0n) is 23.2. The summed E-state index contributed by atoms with van der Waals surface area (Å²) < 4.78 is 44.4. The summed E-state index contributed by atoms with van der Waals surface area (Å²) >= 11 is 6.51. The standard InChI is InChI=1S/C29H26ClF3N8O2/c1-3-41-25-18(16-34-28(37-25)35-19-5-7-20(8-6-19)40-12-10-39(2)11-13-40)14-22(26(41)42)21-9-4-17(15-23(21)30)24-36-27(43-38-24)29(31,32)33/h4-9,14-16H,3,10-13H2,1-2H3,(H,34,35,37). The highest BCUT2D eigenvalue weighted by atomic mass is 35.5. The number of pyridine rings is 1. The minimum absolute atomic E-state index is 0.134. The van der Waals surface area contributed by atoms with Gasteiger partial charge in [-0.2, -0.15) is 23.1 Å². The molecule has 6 rings (SSSR count). The number of anilines is 3. The van der Waals surface area contributed by atoms with E-state index >= 15 is 0 Å². The van der Waals surface area contributed by atoms with Gasteiger partial charge in [0.1, 0.15) is 5.65 Å². The van der Waals surface area contributed by atoms with E-state index < -0.39 is 12.1 Å². The Labute approximate surface area is 248 Å². The van der Waals surface area contributed by atoms with Crippen molar-refractivity contribution in [1.82, 2.24) is 29.6 Å². The molecule has 10 nitrogen and oxygen atoms in total. The molecule has 0 bridgehead atoms. The number of alkyl halides is 3. The number of hydrogen-bond acceptors (Lipinski definition) is 9. The molecule has 0 spiro atoms. The highest BCUT2D eigenvalue weighted by Crippen LogP contribution is 2.33. The lowest BCUT2D eigenvalue weighted by Gasteiger charge is -2.34. The molecule has 1 N–H and O–H groups in total. The largest absolute Gasteiger partial charge is 0.471 e. The van der Waals surface area contributed by atoms with Gasteiger partial charge in [-0.3, -0.25) is 9.36 Å². The molecule has 0 aliphatic carbocycles. The number of hydrogen-bond donors (Lipinski definition) is 1. The summed E-state index contributed by atoms with van der Waals surface area (Å²) in [6.07, 6.45) is -3.14. The topological polar surface area (TPSA) is 105 Å². The maximum atomic E-state index is 13.6. The Morgan fingerprint density at radius 1 is 1.00 bits per heavy atom. The van der Waals surface area contributed by atoms with Gasteiger partial charge in [-0.25, -0.2) is 4.98 Å². The van der Waals surface area contributed by atoms with E-state index in [1.54, 1.807) is 12.3 Å². The van der Waals surface area contributed by atoms with Crippen molar-refractivity contribution in [3.05, 3.63) is 76.0 Å². The van der Waals surface area contributed by atoms with E-state index in [1.807, 2.05) is 19.1 Å². The molecule has 0 amide bonds. The smallest absolute Gasteiger partial charge is 0.369 e. The normalized spacial score (nSPS) is 14.4. The second kappa shape index (κ2) is 11.3. The van der Waals surface area contributed by atoms with E-state index in [2.05, 4.69) is 58.9 Å². The van der Waals surface area contributed by atoms with Gasteiger partial charge in [0.25, 0.3) is 5.56 Å². The minimum atomic E-state index is -4.77. The maximum Gasteiger partial charge on any atom is 0.471 e. The van der Waals surface area contributed by atoms with Crippen LogP contribution in [0.2, 0.25) is 5.02 Å². The van der Waals surface area contributed by atoms with Gasteiger partial charge in [0, 0.05) is 77.4 Å². The highest BCUT2D eigenvalue weighted by molar-refractivity contribution is 6.33. The molecule has 43 heavy (non-hydrogen) atoms. The summed E-state index contributed by atoms with van der Waals surface area (Å²) in [6, 6.07) is 14.1. The van der Waals surface area contributed by atoms with Crippen molar-refractivity contribution >= 4 is 40.0 Å². The van der Waals surface area contributed by atoms with Crippen molar-refractivity contribution in [3.8, 4) is 22.5 Å². The van der Waals surface area contributed by atoms with Crippen LogP contribution >= 0.6 is 11.6 Å². The van der Waals surface area contributed by atoms with Crippen LogP contribution in [0.25, 0.3) is 33.5 Å². The molecule has 14 heteroatoms. The minimum Gasteiger partial charge on any atom is -0.369 e. The van der Waals surface area contributed by atoms with Crippen molar-refractivity contribution in [1.29, 1.82) is 0 Å². The molecule has 0 saturated carbocycles. The Balaban J connectivity index is 1.27. The molecular weight excluding hydrogens is 585 g/mol. The van der Waals surface area contributed by atoms with Gasteiger partial charge in [0.15, 0.2) is 0 Å². The molecule has 1 fully saturated rings. The molecule has 1 aliphatic rings. The fourth-order valence-electron chi connectivity index (χ4n) is 4.98. The van der Waals surface area contributed by atoms with Crippen molar-refractivity contribution < 1.29 is 17.7 Å². The second-order valence-electron chi connectivity index (χ2n) is 10.2. The number of halogens is 4. The Morgan fingerprint density at radius 2 is 1.74 bits per heavy atom. The van der Waals surface area contributed by atoms with Crippen LogP contribution < -0.4 is 15.8 Å². The average molecular weight is 611 g/mol. The van der Waals surface area contributed by atoms with Crippen molar-refractivity contribution in [2.75, 3.05) is 43.4 Å². The Bertz CT molecular complexity index is 1850. The van der Waals surface area contributed by atoms with E-state index in [0.29, 0.717) is 34.7 Å². The fourth-order valence-corrected chi connectivity index (χ4v) is 5.27. The second-order valence-corrected chi connectivity index (χ2v) is 10.6. The third-order valence-electron chi connectivity index (χ3n) is 7.32. The first kappa shape index (κ1) is 28.6. The monoisotopic (exact) mass is 610 g/mol. The number of fused-ring (bicyclic) bond motifs is 1. The van der Waals surface area contributed by atoms with Gasteiger partial charge >= 0.3 is 12.1 Å². The summed E-state index contributed by atoms with van der Waals surface area (Å²) in [5, 5.41) is 7.35. The van der Waals surface area contributed by atoms with Crippen LogP contribution in [0.1, 0.15) is 12.8 Å². The number of piperazine rings is 1. The Hall–Kier alpha value is -4.49. The number of nitrogens with one attached hydrogen (secondary N) is 1. The quantitative estimate of drug-likeness (QED) is 0.259. The maximum absolute atomic E-state index is 13.6. The van der Waals surface area contributed by atoms with Gasteiger partial charge in [-0.1, -0.05) is 28.9 Å². The third kappa shape index (κ3) is 5.77. The predicted octanol–water partition coefficient (Wildman–Crippen LogP) is 5.70. The lowest BCUT2D eigenvalue weighted by atomic mass is 10.0. The molecule has 5 aromatic rings. The van der Waals surface area contributed by atoms with Crippen LogP contribution in [0.5, 0.6) is 0 Å². The first-order valence-electron chi connectivity index (χ1n) is 13.5. The molecule has 2 aromatic carbocycles. The van der Waals surface area contributed by atoms with Gasteiger partial charge in [-0.15, -0.1) is 0 Å². The average Bonchev–Trinajstić information content (AvgIpc) is 3.50. The number of nitrogens with zero attached hydrogens (tertiary/aromatic N) is 7. The van der Waals surface area contributed by atoms with Crippen LogP contribution in [0.4, 0.5) is 30.5 Å². The molecule has 4 heterocycles. The van der Waals surface area contributed by atoms with E-state index in [1.165, 1.54) is 22.8 Å². The van der Waals surface area contributed by atoms with Gasteiger partial charge in [0.05, 0.1) is 0 Å². The van der Waals surface area contributed by atoms with Crippen LogP contribution in [0.15, 0.2) is 64.0 Å². The Morgan fingerprint density at radius 3 is 2.40 bits per heavy atom. The number of aryl methyl sites for hydroxylation is 1. The molecule has 0 unspecified atom stereocenters. The van der Waals surface area contributed by atoms with Gasteiger partial charge in [0.2, 0.25) is 11.8 Å². The molecule has 1 aliphatic heterocycles. The summed E-state index contributed by atoms with van der Waals surface area (Å²) in [4.78, 5) is 30.7. The van der Waals surface area contributed by atoms with Gasteiger partial charge in [-0.05, 0) is 50.4 Å². The molecule has 0 radical (unpaired) electrons. The van der Waals surface area contributed by atoms with Crippen molar-refractivity contribution in [2.24, 2.45) is 0 Å². The summed E-state index contributed by atoms with van der Waals surface area (Å²) in [5.74, 6) is -1.39. The molecule has 222 valence electrons. The van der Waals surface area contributed by atoms with E-state index in [0.717, 1.165) is 37.6 Å². The third-order valence-corrected chi connectivity index (χ3v) is 7.63. The number of rotatable bonds is 6.